The van der Waals surface area contributed by atoms with Crippen LogP contribution >= 0.6 is 22.7 Å². The fourth-order valence-corrected chi connectivity index (χ4v) is 5.62. The number of nitrogens with one attached hydrogen (secondary N) is 1. The molecule has 1 aromatic carbocycles. The molecule has 3 aromatic rings. The molecule has 0 aliphatic rings. The molecule has 0 saturated carbocycles. The summed E-state index contributed by atoms with van der Waals surface area (Å²) in [6.07, 6.45) is 0. The average Bonchev–Trinajstić information content (AvgIpc) is 3.38. The van der Waals surface area contributed by atoms with Gasteiger partial charge in [-0.05, 0) is 42.6 Å². The van der Waals surface area contributed by atoms with Gasteiger partial charge in [0.25, 0.3) is 0 Å². The largest absolute Gasteiger partial charge is 0.462 e. The summed E-state index contributed by atoms with van der Waals surface area (Å²) in [5.74, 6) is -1.77. The van der Waals surface area contributed by atoms with Crippen LogP contribution in [-0.4, -0.2) is 44.8 Å². The van der Waals surface area contributed by atoms with E-state index in [2.05, 4.69) is 5.32 Å². The third kappa shape index (κ3) is 5.18. The van der Waals surface area contributed by atoms with E-state index in [1.165, 1.54) is 18.4 Å². The van der Waals surface area contributed by atoms with Crippen LogP contribution in [0, 0.1) is 5.82 Å². The smallest absolute Gasteiger partial charge is 0.341 e. The molecule has 31 heavy (non-hydrogen) atoms. The van der Waals surface area contributed by atoms with Gasteiger partial charge in [-0.25, -0.2) is 17.6 Å². The number of carbonyl (C=O) groups is 2. The second kappa shape index (κ2) is 9.69. The fraction of sp³-hybridized carbons (Fsp3) is 0.200. The Bertz CT molecular complexity index is 1170. The molecule has 2 heterocycles. The van der Waals surface area contributed by atoms with E-state index in [-0.39, 0.29) is 22.1 Å². The number of hydrogen-bond donors (Lipinski definition) is 1. The lowest BCUT2D eigenvalue weighted by Crippen LogP contribution is -2.35. The van der Waals surface area contributed by atoms with Crippen LogP contribution in [0.5, 0.6) is 0 Å². The maximum absolute atomic E-state index is 13.1. The van der Waals surface area contributed by atoms with Crippen LogP contribution in [-0.2, 0) is 19.6 Å². The zero-order chi connectivity index (χ0) is 22.6. The molecule has 0 saturated heterocycles. The first kappa shape index (κ1) is 23.1. The van der Waals surface area contributed by atoms with Crippen molar-refractivity contribution in [1.29, 1.82) is 0 Å². The molecule has 7 nitrogen and oxygen atoms in total. The van der Waals surface area contributed by atoms with Gasteiger partial charge in [0.2, 0.25) is 15.9 Å². The number of amides is 1. The van der Waals surface area contributed by atoms with Crippen LogP contribution in [0.25, 0.3) is 10.4 Å². The van der Waals surface area contributed by atoms with Crippen LogP contribution in [0.4, 0.5) is 9.39 Å². The Morgan fingerprint density at radius 1 is 1.16 bits per heavy atom. The van der Waals surface area contributed by atoms with E-state index in [0.29, 0.717) is 5.56 Å². The monoisotopic (exact) mass is 482 g/mol. The van der Waals surface area contributed by atoms with Crippen LogP contribution in [0.3, 0.4) is 0 Å². The Balaban J connectivity index is 1.80. The highest BCUT2D eigenvalue weighted by atomic mass is 32.2. The fourth-order valence-electron chi connectivity index (χ4n) is 2.71. The second-order valence-corrected chi connectivity index (χ2v) is 10.2. The maximum atomic E-state index is 13.1. The number of esters is 1. The number of hydrogen-bond acceptors (Lipinski definition) is 7. The molecule has 0 aliphatic heterocycles. The lowest BCUT2D eigenvalue weighted by atomic mass is 10.1. The van der Waals surface area contributed by atoms with Crippen molar-refractivity contribution in [1.82, 2.24) is 4.31 Å². The lowest BCUT2D eigenvalue weighted by molar-refractivity contribution is -0.116. The van der Waals surface area contributed by atoms with Crippen molar-refractivity contribution in [2.75, 3.05) is 25.5 Å². The lowest BCUT2D eigenvalue weighted by Gasteiger charge is -2.17. The molecule has 164 valence electrons. The Labute approximate surface area is 187 Å². The Kier molecular flexibility index (Phi) is 7.21. The molecule has 0 spiro atoms. The molecule has 0 atom stereocenters. The number of anilines is 1. The van der Waals surface area contributed by atoms with Gasteiger partial charge in [0, 0.05) is 22.9 Å². The van der Waals surface area contributed by atoms with E-state index in [1.54, 1.807) is 12.3 Å². The van der Waals surface area contributed by atoms with Crippen molar-refractivity contribution in [3.05, 3.63) is 58.5 Å². The number of ether oxygens (including phenoxy) is 1. The summed E-state index contributed by atoms with van der Waals surface area (Å²) in [5, 5.41) is 6.50. The zero-order valence-corrected chi connectivity index (χ0v) is 19.1. The number of benzene rings is 1. The molecule has 1 N–H and O–H groups in total. The molecule has 0 unspecified atom stereocenters. The molecule has 1 amide bonds. The molecular weight excluding hydrogens is 463 g/mol. The summed E-state index contributed by atoms with van der Waals surface area (Å²) in [6, 6.07) is 8.02. The van der Waals surface area contributed by atoms with Gasteiger partial charge in [0.05, 0.1) is 18.0 Å². The molecule has 2 aromatic heterocycles. The molecule has 0 fully saturated rings. The minimum absolute atomic E-state index is 0.132. The second-order valence-electron chi connectivity index (χ2n) is 6.31. The van der Waals surface area contributed by atoms with Gasteiger partial charge in [0.15, 0.2) is 0 Å². The number of thiophene rings is 2. The molecule has 0 aliphatic carbocycles. The highest BCUT2D eigenvalue weighted by Gasteiger charge is 2.26. The summed E-state index contributed by atoms with van der Waals surface area (Å²) < 4.78 is 44.3. The summed E-state index contributed by atoms with van der Waals surface area (Å²) in [7, 11) is -2.74. The minimum atomic E-state index is -3.99. The third-order valence-electron chi connectivity index (χ3n) is 4.20. The van der Waals surface area contributed by atoms with Gasteiger partial charge in [-0.3, -0.25) is 4.79 Å². The van der Waals surface area contributed by atoms with Gasteiger partial charge in [-0.1, -0.05) is 6.07 Å². The first-order chi connectivity index (χ1) is 14.7. The van der Waals surface area contributed by atoms with Crippen LogP contribution < -0.4 is 5.32 Å². The Morgan fingerprint density at radius 2 is 1.87 bits per heavy atom. The molecular formula is C20H19FN2O5S3. The number of carbonyl (C=O) groups excluding carboxylic acids is 2. The van der Waals surface area contributed by atoms with Gasteiger partial charge < -0.3 is 10.1 Å². The van der Waals surface area contributed by atoms with Crippen molar-refractivity contribution < 1.29 is 27.1 Å². The zero-order valence-electron chi connectivity index (χ0n) is 16.6. The Hall–Kier alpha value is -2.60. The van der Waals surface area contributed by atoms with E-state index < -0.39 is 34.3 Å². The van der Waals surface area contributed by atoms with Gasteiger partial charge in [0.1, 0.15) is 16.4 Å². The third-order valence-corrected chi connectivity index (χ3v) is 7.81. The number of likely N-dealkylation sites (N-methyl/N-ethyl adjacent to an activating group) is 1. The highest BCUT2D eigenvalue weighted by Crippen LogP contribution is 2.38. The van der Waals surface area contributed by atoms with E-state index in [0.717, 1.165) is 44.8 Å². The number of nitrogens with zero attached hydrogens (tertiary/aromatic N) is 1. The van der Waals surface area contributed by atoms with Crippen molar-refractivity contribution in [3.8, 4) is 10.4 Å². The first-order valence-corrected chi connectivity index (χ1v) is 12.3. The summed E-state index contributed by atoms with van der Waals surface area (Å²) >= 11 is 2.60. The van der Waals surface area contributed by atoms with Gasteiger partial charge >= 0.3 is 5.97 Å². The predicted molar refractivity (Wildman–Crippen MR) is 118 cm³/mol. The number of sulfonamides is 1. The molecule has 3 rings (SSSR count). The normalized spacial score (nSPS) is 11.5. The molecule has 0 radical (unpaired) electrons. The highest BCUT2D eigenvalue weighted by molar-refractivity contribution is 7.89. The standard InChI is InChI=1S/C20H19FN2O5S3/c1-3-28-20(25)18-15(16-5-4-10-29-16)12-30-19(18)22-17(24)11-23(2)31(26,27)14-8-6-13(21)7-9-14/h4-10,12H,3,11H2,1-2H3,(H,22,24). The quantitative estimate of drug-likeness (QED) is 0.489. The van der Waals surface area contributed by atoms with Crippen LogP contribution in [0.1, 0.15) is 17.3 Å². The van der Waals surface area contributed by atoms with Crippen LogP contribution in [0.15, 0.2) is 52.1 Å². The van der Waals surface area contributed by atoms with Crippen molar-refractivity contribution in [2.24, 2.45) is 0 Å². The van der Waals surface area contributed by atoms with Gasteiger partial charge in [-0.15, -0.1) is 22.7 Å². The molecule has 11 heteroatoms. The predicted octanol–water partition coefficient (Wildman–Crippen LogP) is 4.05. The van der Waals surface area contributed by atoms with E-state index in [4.69, 9.17) is 4.74 Å². The minimum Gasteiger partial charge on any atom is -0.462 e. The Morgan fingerprint density at radius 3 is 2.48 bits per heavy atom. The SMILES string of the molecule is CCOC(=O)c1c(-c2cccs2)csc1NC(=O)CN(C)S(=O)(=O)c1ccc(F)cc1. The summed E-state index contributed by atoms with van der Waals surface area (Å²) in [5.41, 5.74) is 0.868. The van der Waals surface area contributed by atoms with E-state index in [9.17, 15) is 22.4 Å². The van der Waals surface area contributed by atoms with E-state index >= 15 is 0 Å². The van der Waals surface area contributed by atoms with Crippen molar-refractivity contribution in [3.63, 3.8) is 0 Å². The summed E-state index contributed by atoms with van der Waals surface area (Å²) in [4.78, 5) is 25.8. The average molecular weight is 483 g/mol. The molecule has 0 bridgehead atoms. The van der Waals surface area contributed by atoms with Crippen molar-refractivity contribution in [2.45, 2.75) is 11.8 Å². The first-order valence-electron chi connectivity index (χ1n) is 9.08. The van der Waals surface area contributed by atoms with Crippen LogP contribution in [0.2, 0.25) is 0 Å². The van der Waals surface area contributed by atoms with Gasteiger partial charge in [-0.2, -0.15) is 4.31 Å². The number of rotatable bonds is 8. The number of halogens is 1. The topological polar surface area (TPSA) is 92.8 Å². The maximum Gasteiger partial charge on any atom is 0.341 e. The van der Waals surface area contributed by atoms with E-state index in [1.807, 2.05) is 17.5 Å². The van der Waals surface area contributed by atoms with Crippen molar-refractivity contribution >= 4 is 49.6 Å². The summed E-state index contributed by atoms with van der Waals surface area (Å²) in [6.45, 7) is 1.36.